The van der Waals surface area contributed by atoms with E-state index < -0.39 is 11.6 Å². The molecule has 1 aliphatic carbocycles. The van der Waals surface area contributed by atoms with Gasteiger partial charge in [-0.3, -0.25) is 4.79 Å². The van der Waals surface area contributed by atoms with Crippen molar-refractivity contribution in [3.63, 3.8) is 0 Å². The van der Waals surface area contributed by atoms with Crippen LogP contribution in [0.4, 0.5) is 16.2 Å². The number of anilines is 2. The van der Waals surface area contributed by atoms with E-state index in [2.05, 4.69) is 20.6 Å². The SMILES string of the molecule is CC(C)(F)CCCNc1ncc(C(N)=O)c(N[C@H](CO)C2CC2)n1. The molecule has 0 aliphatic heterocycles. The highest BCUT2D eigenvalue weighted by molar-refractivity contribution is 5.97. The van der Waals surface area contributed by atoms with Gasteiger partial charge in [-0.15, -0.1) is 0 Å². The average Bonchev–Trinajstić information content (AvgIpc) is 3.33. The molecule has 7 nitrogen and oxygen atoms in total. The highest BCUT2D eigenvalue weighted by Crippen LogP contribution is 2.34. The van der Waals surface area contributed by atoms with Crippen LogP contribution < -0.4 is 16.4 Å². The molecule has 1 atom stereocenters. The summed E-state index contributed by atoms with van der Waals surface area (Å²) in [5.41, 5.74) is 4.34. The van der Waals surface area contributed by atoms with Crippen molar-refractivity contribution in [1.82, 2.24) is 9.97 Å². The Hall–Kier alpha value is -1.96. The van der Waals surface area contributed by atoms with Gasteiger partial charge in [0.2, 0.25) is 5.95 Å². The molecule has 0 aromatic carbocycles. The van der Waals surface area contributed by atoms with Crippen molar-refractivity contribution in [3.05, 3.63) is 11.8 Å². The Labute approximate surface area is 141 Å². The van der Waals surface area contributed by atoms with Crippen molar-refractivity contribution >= 4 is 17.7 Å². The van der Waals surface area contributed by atoms with Gasteiger partial charge in [0, 0.05) is 12.7 Å². The smallest absolute Gasteiger partial charge is 0.254 e. The number of hydrogen-bond acceptors (Lipinski definition) is 6. The number of primary amides is 1. The molecule has 1 fully saturated rings. The van der Waals surface area contributed by atoms with E-state index in [1.807, 2.05) is 0 Å². The topological polar surface area (TPSA) is 113 Å². The van der Waals surface area contributed by atoms with Crippen molar-refractivity contribution in [2.75, 3.05) is 23.8 Å². The largest absolute Gasteiger partial charge is 0.394 e. The number of aliphatic hydroxyl groups is 1. The van der Waals surface area contributed by atoms with Crippen LogP contribution in [0.1, 0.15) is 49.9 Å². The number of halogens is 1. The van der Waals surface area contributed by atoms with E-state index in [1.54, 1.807) is 13.8 Å². The maximum atomic E-state index is 13.4. The lowest BCUT2D eigenvalue weighted by Crippen LogP contribution is -2.29. The summed E-state index contributed by atoms with van der Waals surface area (Å²) >= 11 is 0. The molecule has 134 valence electrons. The molecule has 0 unspecified atom stereocenters. The molecule has 8 heteroatoms. The van der Waals surface area contributed by atoms with Gasteiger partial charge in [0.25, 0.3) is 5.91 Å². The second-order valence-corrected chi connectivity index (χ2v) is 6.84. The fraction of sp³-hybridized carbons (Fsp3) is 0.688. The van der Waals surface area contributed by atoms with Gasteiger partial charge < -0.3 is 21.5 Å². The van der Waals surface area contributed by atoms with Gasteiger partial charge in [-0.2, -0.15) is 4.98 Å². The number of nitrogens with two attached hydrogens (primary N) is 1. The van der Waals surface area contributed by atoms with Gasteiger partial charge in [0.1, 0.15) is 11.5 Å². The molecule has 0 saturated heterocycles. The standard InChI is InChI=1S/C16H26FN5O2/c1-16(2,17)6-3-7-19-15-20-8-11(13(18)24)14(22-15)21-12(9-23)10-4-5-10/h8,10,12,23H,3-7,9H2,1-2H3,(H2,18,24)(H2,19,20,21,22)/t12-/m1/s1. The highest BCUT2D eigenvalue weighted by atomic mass is 19.1. The molecule has 0 spiro atoms. The van der Waals surface area contributed by atoms with E-state index in [-0.39, 0.29) is 18.2 Å². The number of rotatable bonds is 10. The molecule has 2 rings (SSSR count). The number of alkyl halides is 1. The van der Waals surface area contributed by atoms with Crippen LogP contribution in [-0.2, 0) is 0 Å². The molecule has 5 N–H and O–H groups in total. The molecular weight excluding hydrogens is 313 g/mol. The number of hydrogen-bond donors (Lipinski definition) is 4. The molecule has 1 heterocycles. The third-order valence-corrected chi connectivity index (χ3v) is 4.00. The number of carbonyl (C=O) groups excluding carboxylic acids is 1. The lowest BCUT2D eigenvalue weighted by atomic mass is 10.1. The predicted octanol–water partition coefficient (Wildman–Crippen LogP) is 1.70. The van der Waals surface area contributed by atoms with Crippen molar-refractivity contribution in [2.24, 2.45) is 11.7 Å². The zero-order chi connectivity index (χ0) is 17.7. The molecule has 1 amide bonds. The fourth-order valence-corrected chi connectivity index (χ4v) is 2.45. The summed E-state index contributed by atoms with van der Waals surface area (Å²) in [4.78, 5) is 19.9. The maximum absolute atomic E-state index is 13.4. The molecule has 1 aromatic heterocycles. The van der Waals surface area contributed by atoms with Crippen LogP contribution in [0.3, 0.4) is 0 Å². The molecule has 1 aromatic rings. The van der Waals surface area contributed by atoms with Crippen LogP contribution in [0, 0.1) is 5.92 Å². The normalized spacial score (nSPS) is 15.8. The van der Waals surface area contributed by atoms with Gasteiger partial charge in [-0.25, -0.2) is 9.37 Å². The lowest BCUT2D eigenvalue weighted by molar-refractivity contribution is 0.1000. The van der Waals surface area contributed by atoms with Crippen LogP contribution in [0.15, 0.2) is 6.20 Å². The summed E-state index contributed by atoms with van der Waals surface area (Å²) in [6.07, 6.45) is 4.51. The predicted molar refractivity (Wildman–Crippen MR) is 90.7 cm³/mol. The summed E-state index contributed by atoms with van der Waals surface area (Å²) in [7, 11) is 0. The Morgan fingerprint density at radius 3 is 2.79 bits per heavy atom. The Morgan fingerprint density at radius 2 is 2.25 bits per heavy atom. The maximum Gasteiger partial charge on any atom is 0.254 e. The van der Waals surface area contributed by atoms with E-state index in [4.69, 9.17) is 5.73 Å². The van der Waals surface area contributed by atoms with Crippen molar-refractivity contribution in [1.29, 1.82) is 0 Å². The van der Waals surface area contributed by atoms with Crippen LogP contribution >= 0.6 is 0 Å². The third-order valence-electron chi connectivity index (χ3n) is 4.00. The van der Waals surface area contributed by atoms with E-state index in [0.717, 1.165) is 12.8 Å². The minimum absolute atomic E-state index is 0.0405. The number of aromatic nitrogens is 2. The van der Waals surface area contributed by atoms with Crippen molar-refractivity contribution in [3.8, 4) is 0 Å². The third kappa shape index (κ3) is 5.59. The summed E-state index contributed by atoms with van der Waals surface area (Å²) in [6.45, 7) is 3.57. The van der Waals surface area contributed by atoms with Gasteiger partial charge >= 0.3 is 0 Å². The second-order valence-electron chi connectivity index (χ2n) is 6.84. The summed E-state index contributed by atoms with van der Waals surface area (Å²) in [5.74, 6) is 0.410. The summed E-state index contributed by atoms with van der Waals surface area (Å²) in [5, 5.41) is 15.6. The molecule has 1 saturated carbocycles. The fourth-order valence-electron chi connectivity index (χ4n) is 2.45. The molecule has 1 aliphatic rings. The number of carbonyl (C=O) groups is 1. The minimum atomic E-state index is -1.20. The van der Waals surface area contributed by atoms with Crippen molar-refractivity contribution < 1.29 is 14.3 Å². The minimum Gasteiger partial charge on any atom is -0.394 e. The molecule has 24 heavy (non-hydrogen) atoms. The molecule has 0 bridgehead atoms. The van der Waals surface area contributed by atoms with Crippen LogP contribution in [0.25, 0.3) is 0 Å². The molecular formula is C16H26FN5O2. The number of nitrogens with zero attached hydrogens (tertiary/aromatic N) is 2. The van der Waals surface area contributed by atoms with Crippen LogP contribution in [0.2, 0.25) is 0 Å². The van der Waals surface area contributed by atoms with Gasteiger partial charge in [0.15, 0.2) is 0 Å². The van der Waals surface area contributed by atoms with Crippen LogP contribution in [-0.4, -0.2) is 45.8 Å². The Bertz CT molecular complexity index is 572. The zero-order valence-corrected chi connectivity index (χ0v) is 14.2. The van der Waals surface area contributed by atoms with Crippen LogP contribution in [0.5, 0.6) is 0 Å². The van der Waals surface area contributed by atoms with E-state index in [1.165, 1.54) is 6.20 Å². The Morgan fingerprint density at radius 1 is 1.54 bits per heavy atom. The number of aliphatic hydroxyl groups excluding tert-OH is 1. The van der Waals surface area contributed by atoms with E-state index in [0.29, 0.717) is 37.1 Å². The number of amides is 1. The van der Waals surface area contributed by atoms with Gasteiger partial charge in [-0.05, 0) is 45.4 Å². The van der Waals surface area contributed by atoms with Gasteiger partial charge in [-0.1, -0.05) is 0 Å². The quantitative estimate of drug-likeness (QED) is 0.483. The average molecular weight is 339 g/mol. The summed E-state index contributed by atoms with van der Waals surface area (Å²) in [6, 6.07) is -0.154. The second kappa shape index (κ2) is 7.74. The Kier molecular flexibility index (Phi) is 5.93. The number of nitrogens with one attached hydrogen (secondary N) is 2. The first-order valence-electron chi connectivity index (χ1n) is 8.27. The highest BCUT2D eigenvalue weighted by Gasteiger charge is 2.31. The van der Waals surface area contributed by atoms with E-state index >= 15 is 0 Å². The van der Waals surface area contributed by atoms with Gasteiger partial charge in [0.05, 0.1) is 18.2 Å². The zero-order valence-electron chi connectivity index (χ0n) is 14.2. The first-order chi connectivity index (χ1) is 11.3. The first-order valence-corrected chi connectivity index (χ1v) is 8.27. The van der Waals surface area contributed by atoms with Crippen molar-refractivity contribution in [2.45, 2.75) is 51.2 Å². The Balaban J connectivity index is 2.02. The summed E-state index contributed by atoms with van der Waals surface area (Å²) < 4.78 is 13.4. The molecule has 0 radical (unpaired) electrons. The first kappa shape index (κ1) is 18.4. The monoisotopic (exact) mass is 339 g/mol. The van der Waals surface area contributed by atoms with E-state index in [9.17, 15) is 14.3 Å². The lowest BCUT2D eigenvalue weighted by Gasteiger charge is -2.18.